The molecule has 0 saturated carbocycles. The average molecular weight is 377 g/mol. The summed E-state index contributed by atoms with van der Waals surface area (Å²) in [5.41, 5.74) is 0.819. The zero-order valence-electron chi connectivity index (χ0n) is 14.4. The molecular formula is C19H20FNO4S. The van der Waals surface area contributed by atoms with Crippen molar-refractivity contribution in [2.45, 2.75) is 30.8 Å². The molecule has 1 aliphatic rings. The van der Waals surface area contributed by atoms with Crippen molar-refractivity contribution in [1.29, 1.82) is 0 Å². The number of carbonyl (C=O) groups is 1. The van der Waals surface area contributed by atoms with Gasteiger partial charge < -0.3 is 4.74 Å². The molecule has 1 atom stereocenters. The van der Waals surface area contributed by atoms with Gasteiger partial charge in [0.1, 0.15) is 11.9 Å². The van der Waals surface area contributed by atoms with Crippen LogP contribution in [0.5, 0.6) is 0 Å². The van der Waals surface area contributed by atoms with Crippen molar-refractivity contribution in [2.24, 2.45) is 0 Å². The Kier molecular flexibility index (Phi) is 5.38. The van der Waals surface area contributed by atoms with Crippen LogP contribution in [0.15, 0.2) is 53.4 Å². The van der Waals surface area contributed by atoms with Gasteiger partial charge in [0.2, 0.25) is 10.0 Å². The number of hydrogen-bond donors (Lipinski definition) is 0. The third-order valence-corrected chi connectivity index (χ3v) is 6.29. The fraction of sp³-hybridized carbons (Fsp3) is 0.316. The van der Waals surface area contributed by atoms with E-state index in [1.54, 1.807) is 19.1 Å². The van der Waals surface area contributed by atoms with Gasteiger partial charge in [-0.05, 0) is 55.7 Å². The minimum Gasteiger partial charge on any atom is -0.454 e. The maximum atomic E-state index is 13.0. The Morgan fingerprint density at radius 3 is 2.42 bits per heavy atom. The number of esters is 1. The summed E-state index contributed by atoms with van der Waals surface area (Å²) in [4.78, 5) is 12.5. The van der Waals surface area contributed by atoms with Crippen LogP contribution in [0.4, 0.5) is 4.39 Å². The summed E-state index contributed by atoms with van der Waals surface area (Å²) in [6, 6.07) is 11.5. The summed E-state index contributed by atoms with van der Waals surface area (Å²) in [7, 11) is -3.60. The lowest BCUT2D eigenvalue weighted by atomic mass is 10.1. The highest BCUT2D eigenvalue weighted by Crippen LogP contribution is 2.23. The van der Waals surface area contributed by atoms with Gasteiger partial charge in [-0.2, -0.15) is 4.31 Å². The molecule has 0 spiro atoms. The van der Waals surface area contributed by atoms with Gasteiger partial charge in [0.15, 0.2) is 0 Å². The molecule has 0 radical (unpaired) electrons. The van der Waals surface area contributed by atoms with Gasteiger partial charge in [-0.3, -0.25) is 0 Å². The van der Waals surface area contributed by atoms with Crippen molar-refractivity contribution >= 4 is 16.0 Å². The third kappa shape index (κ3) is 3.94. The van der Waals surface area contributed by atoms with E-state index in [4.69, 9.17) is 4.74 Å². The molecule has 0 unspecified atom stereocenters. The van der Waals surface area contributed by atoms with E-state index < -0.39 is 22.1 Å². The Morgan fingerprint density at radius 1 is 1.12 bits per heavy atom. The number of carbonyl (C=O) groups excluding carboxylic acids is 1. The molecular weight excluding hydrogens is 357 g/mol. The van der Waals surface area contributed by atoms with E-state index in [1.165, 1.54) is 40.7 Å². The lowest BCUT2D eigenvalue weighted by molar-refractivity contribution is 0.0337. The van der Waals surface area contributed by atoms with Crippen LogP contribution < -0.4 is 0 Å². The largest absolute Gasteiger partial charge is 0.454 e. The second-order valence-electron chi connectivity index (χ2n) is 6.24. The first-order valence-corrected chi connectivity index (χ1v) is 9.88. The molecule has 0 bridgehead atoms. The highest BCUT2D eigenvalue weighted by atomic mass is 32.2. The SMILES string of the molecule is C[C@@H](OC(=O)c1cccc(S(=O)(=O)N2CCCC2)c1)c1ccc(F)cc1. The van der Waals surface area contributed by atoms with E-state index in [-0.39, 0.29) is 16.3 Å². The second-order valence-corrected chi connectivity index (χ2v) is 8.18. The highest BCUT2D eigenvalue weighted by Gasteiger charge is 2.28. The van der Waals surface area contributed by atoms with E-state index in [9.17, 15) is 17.6 Å². The van der Waals surface area contributed by atoms with Crippen LogP contribution in [0.3, 0.4) is 0 Å². The number of benzene rings is 2. The lowest BCUT2D eigenvalue weighted by Crippen LogP contribution is -2.28. The summed E-state index contributed by atoms with van der Waals surface area (Å²) < 4.78 is 45.1. The molecule has 2 aromatic rings. The monoisotopic (exact) mass is 377 g/mol. The standard InChI is InChI=1S/C19H20FNO4S/c1-14(15-7-9-17(20)10-8-15)25-19(22)16-5-4-6-18(13-16)26(23,24)21-11-2-3-12-21/h4-10,13-14H,2-3,11-12H2,1H3/t14-/m1/s1. The molecule has 0 aromatic heterocycles. The zero-order chi connectivity index (χ0) is 18.7. The Balaban J connectivity index is 1.77. The van der Waals surface area contributed by atoms with Crippen molar-refractivity contribution in [3.8, 4) is 0 Å². The summed E-state index contributed by atoms with van der Waals surface area (Å²) >= 11 is 0. The summed E-state index contributed by atoms with van der Waals surface area (Å²) in [6.07, 6.45) is 1.11. The quantitative estimate of drug-likeness (QED) is 0.748. The van der Waals surface area contributed by atoms with Crippen molar-refractivity contribution in [1.82, 2.24) is 4.31 Å². The van der Waals surface area contributed by atoms with Gasteiger partial charge in [0.05, 0.1) is 10.5 Å². The molecule has 1 fully saturated rings. The number of halogens is 1. The van der Waals surface area contributed by atoms with Gasteiger partial charge in [-0.25, -0.2) is 17.6 Å². The van der Waals surface area contributed by atoms with E-state index in [2.05, 4.69) is 0 Å². The maximum absolute atomic E-state index is 13.0. The number of rotatable bonds is 5. The predicted molar refractivity (Wildman–Crippen MR) is 94.7 cm³/mol. The first-order valence-electron chi connectivity index (χ1n) is 8.44. The topological polar surface area (TPSA) is 63.7 Å². The van der Waals surface area contributed by atoms with Crippen molar-refractivity contribution in [2.75, 3.05) is 13.1 Å². The fourth-order valence-electron chi connectivity index (χ4n) is 2.89. The Labute approximate surface area is 152 Å². The van der Waals surface area contributed by atoms with Crippen molar-refractivity contribution in [3.05, 3.63) is 65.5 Å². The van der Waals surface area contributed by atoms with Crippen LogP contribution >= 0.6 is 0 Å². The molecule has 3 rings (SSSR count). The minimum atomic E-state index is -3.60. The molecule has 138 valence electrons. The summed E-state index contributed by atoms with van der Waals surface area (Å²) in [6.45, 7) is 2.67. The van der Waals surface area contributed by atoms with Crippen LogP contribution in [0.25, 0.3) is 0 Å². The highest BCUT2D eigenvalue weighted by molar-refractivity contribution is 7.89. The molecule has 5 nitrogen and oxygen atoms in total. The van der Waals surface area contributed by atoms with E-state index in [0.717, 1.165) is 12.8 Å². The third-order valence-electron chi connectivity index (χ3n) is 4.40. The summed E-state index contributed by atoms with van der Waals surface area (Å²) in [5, 5.41) is 0. The Hall–Kier alpha value is -2.25. The molecule has 1 aliphatic heterocycles. The Bertz CT molecular complexity index is 890. The molecule has 1 saturated heterocycles. The minimum absolute atomic E-state index is 0.0864. The van der Waals surface area contributed by atoms with Crippen LogP contribution in [0.2, 0.25) is 0 Å². The lowest BCUT2D eigenvalue weighted by Gasteiger charge is -2.17. The summed E-state index contributed by atoms with van der Waals surface area (Å²) in [5.74, 6) is -0.993. The molecule has 1 heterocycles. The first-order chi connectivity index (χ1) is 12.4. The number of hydrogen-bond acceptors (Lipinski definition) is 4. The number of sulfonamides is 1. The van der Waals surface area contributed by atoms with Crippen LogP contribution in [-0.4, -0.2) is 31.8 Å². The van der Waals surface area contributed by atoms with Gasteiger partial charge in [-0.1, -0.05) is 18.2 Å². The number of nitrogens with zero attached hydrogens (tertiary/aromatic N) is 1. The van der Waals surface area contributed by atoms with Crippen LogP contribution in [0, 0.1) is 5.82 Å². The van der Waals surface area contributed by atoms with E-state index >= 15 is 0 Å². The normalized spacial score (nSPS) is 16.4. The van der Waals surface area contributed by atoms with E-state index in [0.29, 0.717) is 18.7 Å². The second kappa shape index (κ2) is 7.55. The van der Waals surface area contributed by atoms with Gasteiger partial charge in [-0.15, -0.1) is 0 Å². The zero-order valence-corrected chi connectivity index (χ0v) is 15.2. The Morgan fingerprint density at radius 2 is 1.77 bits per heavy atom. The van der Waals surface area contributed by atoms with Gasteiger partial charge >= 0.3 is 5.97 Å². The predicted octanol–water partition coefficient (Wildman–Crippen LogP) is 3.53. The molecule has 2 aromatic carbocycles. The molecule has 7 heteroatoms. The first kappa shape index (κ1) is 18.5. The smallest absolute Gasteiger partial charge is 0.338 e. The molecule has 26 heavy (non-hydrogen) atoms. The van der Waals surface area contributed by atoms with Crippen LogP contribution in [0.1, 0.15) is 41.8 Å². The molecule has 0 N–H and O–H groups in total. The molecule has 0 amide bonds. The van der Waals surface area contributed by atoms with E-state index in [1.807, 2.05) is 0 Å². The maximum Gasteiger partial charge on any atom is 0.338 e. The van der Waals surface area contributed by atoms with Crippen molar-refractivity contribution in [3.63, 3.8) is 0 Å². The average Bonchev–Trinajstić information content (AvgIpc) is 3.18. The van der Waals surface area contributed by atoms with Crippen molar-refractivity contribution < 1.29 is 22.3 Å². The van der Waals surface area contributed by atoms with Gasteiger partial charge in [0, 0.05) is 13.1 Å². The van der Waals surface area contributed by atoms with Gasteiger partial charge in [0.25, 0.3) is 0 Å². The fourth-order valence-corrected chi connectivity index (χ4v) is 4.45. The number of ether oxygens (including phenoxy) is 1. The molecule has 0 aliphatic carbocycles. The van der Waals surface area contributed by atoms with Crippen LogP contribution in [-0.2, 0) is 14.8 Å².